The van der Waals surface area contributed by atoms with Crippen LogP contribution in [0.15, 0.2) is 42.6 Å². The Morgan fingerprint density at radius 3 is 2.41 bits per heavy atom. The molecule has 2 aromatic heterocycles. The summed E-state index contributed by atoms with van der Waals surface area (Å²) in [5.74, 6) is -1.29. The molecule has 0 radical (unpaired) electrons. The molecule has 1 fully saturated rings. The number of ether oxygens (including phenoxy) is 1. The van der Waals surface area contributed by atoms with Gasteiger partial charge in [0.25, 0.3) is 5.91 Å². The molecule has 2 amide bonds. The molecule has 0 atom stereocenters. The number of aromatic nitrogens is 4. The summed E-state index contributed by atoms with van der Waals surface area (Å²) in [6.45, 7) is 0. The predicted molar refractivity (Wildman–Crippen MR) is 106 cm³/mol. The van der Waals surface area contributed by atoms with E-state index < -0.39 is 23.3 Å². The zero-order valence-corrected chi connectivity index (χ0v) is 16.7. The lowest BCUT2D eigenvalue weighted by molar-refractivity contribution is -0.143. The summed E-state index contributed by atoms with van der Waals surface area (Å²) in [5.41, 5.74) is -1.34. The van der Waals surface area contributed by atoms with Crippen LogP contribution in [0.25, 0.3) is 5.82 Å². The van der Waals surface area contributed by atoms with Crippen LogP contribution in [-0.2, 0) is 11.0 Å². The highest BCUT2D eigenvalue weighted by atomic mass is 19.4. The molecular weight excluding hydrogens is 429 g/mol. The van der Waals surface area contributed by atoms with E-state index >= 15 is 0 Å². The van der Waals surface area contributed by atoms with Crippen molar-refractivity contribution in [2.24, 2.45) is 5.92 Å². The molecule has 0 bridgehead atoms. The molecule has 3 aromatic rings. The first kappa shape index (κ1) is 21.3. The number of hydrogen-bond donors (Lipinski definition) is 2. The lowest BCUT2D eigenvalue weighted by Gasteiger charge is -2.12. The zero-order valence-electron chi connectivity index (χ0n) is 16.7. The average molecular weight is 446 g/mol. The molecular formula is C20H17F3N6O3. The highest BCUT2D eigenvalue weighted by molar-refractivity contribution is 6.05. The van der Waals surface area contributed by atoms with Gasteiger partial charge in [0.2, 0.25) is 11.8 Å². The van der Waals surface area contributed by atoms with Crippen molar-refractivity contribution in [1.29, 1.82) is 0 Å². The smallest absolute Gasteiger partial charge is 0.434 e. The van der Waals surface area contributed by atoms with E-state index in [1.54, 1.807) is 12.1 Å². The molecule has 0 saturated heterocycles. The topological polar surface area (TPSA) is 111 Å². The van der Waals surface area contributed by atoms with E-state index in [2.05, 4.69) is 25.9 Å². The quantitative estimate of drug-likeness (QED) is 0.601. The van der Waals surface area contributed by atoms with E-state index in [0.29, 0.717) is 10.4 Å². The summed E-state index contributed by atoms with van der Waals surface area (Å²) < 4.78 is 46.7. The number of nitrogens with one attached hydrogen (secondary N) is 2. The van der Waals surface area contributed by atoms with Gasteiger partial charge in [-0.15, -0.1) is 10.2 Å². The molecule has 0 unspecified atom stereocenters. The highest BCUT2D eigenvalue weighted by Gasteiger charge is 2.41. The van der Waals surface area contributed by atoms with Gasteiger partial charge in [-0.25, -0.2) is 4.68 Å². The Morgan fingerprint density at radius 2 is 1.81 bits per heavy atom. The molecule has 0 aliphatic heterocycles. The van der Waals surface area contributed by atoms with Gasteiger partial charge in [-0.05, 0) is 37.1 Å². The molecule has 2 N–H and O–H groups in total. The van der Waals surface area contributed by atoms with Gasteiger partial charge in [-0.1, -0.05) is 6.07 Å². The van der Waals surface area contributed by atoms with Crippen LogP contribution in [0, 0.1) is 5.92 Å². The minimum absolute atomic E-state index is 0.0190. The minimum atomic E-state index is -4.90. The molecule has 2 heterocycles. The molecule has 32 heavy (non-hydrogen) atoms. The summed E-state index contributed by atoms with van der Waals surface area (Å²) in [6, 6.07) is 8.71. The van der Waals surface area contributed by atoms with Crippen molar-refractivity contribution in [2.45, 2.75) is 19.0 Å². The standard InChI is InChI=1S/C20H17F3N6O3/c1-32-16-8-7-15(27-28-16)29-17(20(21,22)23)14(10-24-29)19(31)26-13-4-2-3-12(9-13)25-18(30)11-5-6-11/h2-4,7-11H,5-6H2,1H3,(H,25,30)(H,26,31). The lowest BCUT2D eigenvalue weighted by atomic mass is 10.2. The van der Waals surface area contributed by atoms with Gasteiger partial charge in [0.1, 0.15) is 0 Å². The van der Waals surface area contributed by atoms with Gasteiger partial charge < -0.3 is 15.4 Å². The zero-order chi connectivity index (χ0) is 22.9. The second kappa shape index (κ2) is 8.29. The van der Waals surface area contributed by atoms with Gasteiger partial charge in [0.05, 0.1) is 18.9 Å². The second-order valence-electron chi connectivity index (χ2n) is 7.05. The molecule has 1 saturated carbocycles. The molecule has 0 spiro atoms. The van der Waals surface area contributed by atoms with Crippen molar-refractivity contribution in [3.63, 3.8) is 0 Å². The summed E-state index contributed by atoms with van der Waals surface area (Å²) in [5, 5.41) is 16.1. The van der Waals surface area contributed by atoms with Crippen LogP contribution < -0.4 is 15.4 Å². The predicted octanol–water partition coefficient (Wildman–Crippen LogP) is 3.29. The third-order valence-corrected chi connectivity index (χ3v) is 4.67. The molecule has 4 rings (SSSR count). The summed E-state index contributed by atoms with van der Waals surface area (Å²) in [7, 11) is 1.34. The third-order valence-electron chi connectivity index (χ3n) is 4.67. The minimum Gasteiger partial charge on any atom is -0.480 e. The Morgan fingerprint density at radius 1 is 1.09 bits per heavy atom. The van der Waals surface area contributed by atoms with Crippen LogP contribution in [0.5, 0.6) is 5.88 Å². The van der Waals surface area contributed by atoms with Crippen molar-refractivity contribution < 1.29 is 27.5 Å². The Kier molecular flexibility index (Phi) is 5.51. The fourth-order valence-electron chi connectivity index (χ4n) is 2.96. The third kappa shape index (κ3) is 4.53. The van der Waals surface area contributed by atoms with Crippen molar-refractivity contribution in [3.05, 3.63) is 53.9 Å². The number of anilines is 2. The number of alkyl halides is 3. The number of hydrogen-bond acceptors (Lipinski definition) is 6. The highest BCUT2D eigenvalue weighted by Crippen LogP contribution is 2.34. The van der Waals surface area contributed by atoms with E-state index in [9.17, 15) is 22.8 Å². The molecule has 1 aliphatic rings. The Hall–Kier alpha value is -3.96. The fraction of sp³-hybridized carbons (Fsp3) is 0.250. The first-order valence-electron chi connectivity index (χ1n) is 9.52. The van der Waals surface area contributed by atoms with Gasteiger partial charge in [0.15, 0.2) is 11.5 Å². The van der Waals surface area contributed by atoms with Crippen molar-refractivity contribution >= 4 is 23.2 Å². The molecule has 12 heteroatoms. The number of benzene rings is 1. The number of halogens is 3. The maximum atomic E-state index is 13.8. The Bertz CT molecular complexity index is 1160. The number of methoxy groups -OCH3 is 1. The van der Waals surface area contributed by atoms with Gasteiger partial charge in [0, 0.05) is 23.4 Å². The number of carbonyl (C=O) groups is 2. The van der Waals surface area contributed by atoms with Crippen LogP contribution in [0.4, 0.5) is 24.5 Å². The van der Waals surface area contributed by atoms with E-state index in [-0.39, 0.29) is 29.2 Å². The maximum absolute atomic E-state index is 13.8. The van der Waals surface area contributed by atoms with Crippen molar-refractivity contribution in [2.75, 3.05) is 17.7 Å². The number of nitrogens with zero attached hydrogens (tertiary/aromatic N) is 4. The van der Waals surface area contributed by atoms with Crippen LogP contribution in [-0.4, -0.2) is 38.9 Å². The number of carbonyl (C=O) groups excluding carboxylic acids is 2. The molecule has 9 nitrogen and oxygen atoms in total. The molecule has 166 valence electrons. The monoisotopic (exact) mass is 446 g/mol. The number of rotatable bonds is 6. The van der Waals surface area contributed by atoms with E-state index in [1.165, 1.54) is 31.4 Å². The second-order valence-corrected chi connectivity index (χ2v) is 7.05. The van der Waals surface area contributed by atoms with Crippen LogP contribution >= 0.6 is 0 Å². The molecule has 1 aliphatic carbocycles. The van der Waals surface area contributed by atoms with Gasteiger partial charge in [-0.3, -0.25) is 9.59 Å². The average Bonchev–Trinajstić information content (AvgIpc) is 3.51. The van der Waals surface area contributed by atoms with Gasteiger partial charge >= 0.3 is 6.18 Å². The van der Waals surface area contributed by atoms with Crippen LogP contribution in [0.1, 0.15) is 28.9 Å². The normalized spacial score (nSPS) is 13.5. The fourth-order valence-corrected chi connectivity index (χ4v) is 2.96. The Labute approximate surface area is 179 Å². The largest absolute Gasteiger partial charge is 0.480 e. The summed E-state index contributed by atoms with van der Waals surface area (Å²) >= 11 is 0. The molecule has 1 aromatic carbocycles. The van der Waals surface area contributed by atoms with Crippen molar-refractivity contribution in [3.8, 4) is 11.7 Å². The van der Waals surface area contributed by atoms with Crippen LogP contribution in [0.2, 0.25) is 0 Å². The first-order chi connectivity index (χ1) is 15.3. The summed E-state index contributed by atoms with van der Waals surface area (Å²) in [4.78, 5) is 24.6. The summed E-state index contributed by atoms with van der Waals surface area (Å²) in [6.07, 6.45) is -2.44. The number of amides is 2. The van der Waals surface area contributed by atoms with E-state index in [4.69, 9.17) is 4.74 Å². The van der Waals surface area contributed by atoms with Crippen molar-refractivity contribution in [1.82, 2.24) is 20.0 Å². The van der Waals surface area contributed by atoms with Gasteiger partial charge in [-0.2, -0.15) is 18.3 Å². The maximum Gasteiger partial charge on any atom is 0.434 e. The first-order valence-corrected chi connectivity index (χ1v) is 9.52. The lowest BCUT2D eigenvalue weighted by Crippen LogP contribution is -2.21. The Balaban J connectivity index is 1.59. The van der Waals surface area contributed by atoms with E-state index in [0.717, 1.165) is 19.0 Å². The SMILES string of the molecule is COc1ccc(-n2ncc(C(=O)Nc3cccc(NC(=O)C4CC4)c3)c2C(F)(F)F)nn1. The van der Waals surface area contributed by atoms with Crippen LogP contribution in [0.3, 0.4) is 0 Å². The van der Waals surface area contributed by atoms with E-state index in [1.807, 2.05) is 0 Å².